The summed E-state index contributed by atoms with van der Waals surface area (Å²) in [6, 6.07) is 17.8. The van der Waals surface area contributed by atoms with Gasteiger partial charge in [0.1, 0.15) is 24.0 Å². The zero-order chi connectivity index (χ0) is 17.1. The summed E-state index contributed by atoms with van der Waals surface area (Å²) in [5.41, 5.74) is 1.30. The van der Waals surface area contributed by atoms with Gasteiger partial charge in [0.2, 0.25) is 0 Å². The van der Waals surface area contributed by atoms with Crippen LogP contribution in [0.25, 0.3) is 0 Å². The topological polar surface area (TPSA) is 72.8 Å². The van der Waals surface area contributed by atoms with Gasteiger partial charge < -0.3 is 14.6 Å². The molecule has 4 atom stereocenters. The molecular weight excluding hydrogens is 308 g/mol. The Hall–Kier alpha value is -2.66. The summed E-state index contributed by atoms with van der Waals surface area (Å²) in [5, 5.41) is 10.7. The number of benzene rings is 2. The molecule has 0 amide bonds. The number of cyclic esters (lactones) is 1. The minimum Gasteiger partial charge on any atom is -0.468 e. The molecule has 1 heterocycles. The fourth-order valence-corrected chi connectivity index (χ4v) is 3.11. The van der Waals surface area contributed by atoms with Crippen molar-refractivity contribution < 1.29 is 24.2 Å². The van der Waals surface area contributed by atoms with E-state index in [1.807, 2.05) is 12.1 Å². The van der Waals surface area contributed by atoms with E-state index in [-0.39, 0.29) is 0 Å². The zero-order valence-electron chi connectivity index (χ0n) is 13.2. The van der Waals surface area contributed by atoms with Gasteiger partial charge in [-0.2, -0.15) is 0 Å². The van der Waals surface area contributed by atoms with Gasteiger partial charge in [-0.25, -0.2) is 0 Å². The Kier molecular flexibility index (Phi) is 4.62. The monoisotopic (exact) mass is 326 g/mol. The molecule has 1 N–H and O–H groups in total. The maximum atomic E-state index is 12.3. The van der Waals surface area contributed by atoms with Crippen LogP contribution in [0.3, 0.4) is 0 Å². The van der Waals surface area contributed by atoms with Crippen molar-refractivity contribution in [2.24, 2.45) is 0 Å². The van der Waals surface area contributed by atoms with Gasteiger partial charge in [0.15, 0.2) is 0 Å². The largest absolute Gasteiger partial charge is 0.468 e. The van der Waals surface area contributed by atoms with E-state index in [0.29, 0.717) is 11.1 Å². The fraction of sp³-hybridized carbons (Fsp3) is 0.263. The molecular formula is C19H18O5. The van der Waals surface area contributed by atoms with E-state index in [4.69, 9.17) is 9.47 Å². The second-order valence-electron chi connectivity index (χ2n) is 5.69. The number of rotatable bonds is 4. The van der Waals surface area contributed by atoms with Gasteiger partial charge in [-0.1, -0.05) is 60.7 Å². The first-order chi connectivity index (χ1) is 11.6. The average Bonchev–Trinajstić information content (AvgIpc) is 2.91. The van der Waals surface area contributed by atoms with E-state index < -0.39 is 36.0 Å². The SMILES string of the molecule is COC(=O)C(c1ccccc1)C1OC(=O)C(c2ccccc2)C1O. The number of hydrogen-bond donors (Lipinski definition) is 1. The molecule has 3 rings (SSSR count). The highest BCUT2D eigenvalue weighted by Gasteiger charge is 2.50. The van der Waals surface area contributed by atoms with Crippen LogP contribution in [-0.2, 0) is 19.1 Å². The Morgan fingerprint density at radius 3 is 2.25 bits per heavy atom. The lowest BCUT2D eigenvalue weighted by molar-refractivity contribution is -0.151. The summed E-state index contributed by atoms with van der Waals surface area (Å²) in [5.74, 6) is -2.77. The van der Waals surface area contributed by atoms with E-state index in [9.17, 15) is 14.7 Å². The van der Waals surface area contributed by atoms with Crippen molar-refractivity contribution in [1.82, 2.24) is 0 Å². The standard InChI is InChI=1S/C19H18O5/c1-23-18(21)15(13-10-6-3-7-11-13)17-16(20)14(19(22)24-17)12-8-4-2-5-9-12/h2-11,14-17,20H,1H3. The van der Waals surface area contributed by atoms with E-state index in [2.05, 4.69) is 0 Å². The summed E-state index contributed by atoms with van der Waals surface area (Å²) in [6.45, 7) is 0. The summed E-state index contributed by atoms with van der Waals surface area (Å²) in [7, 11) is 1.27. The predicted octanol–water partition coefficient (Wildman–Crippen LogP) is 2.01. The third kappa shape index (κ3) is 2.90. The quantitative estimate of drug-likeness (QED) is 0.870. The first kappa shape index (κ1) is 16.2. The van der Waals surface area contributed by atoms with Gasteiger partial charge in [-0.15, -0.1) is 0 Å². The maximum Gasteiger partial charge on any atom is 0.317 e. The number of aliphatic hydroxyl groups is 1. The fourth-order valence-electron chi connectivity index (χ4n) is 3.11. The van der Waals surface area contributed by atoms with Crippen molar-refractivity contribution in [2.75, 3.05) is 7.11 Å². The Balaban J connectivity index is 1.95. The van der Waals surface area contributed by atoms with Crippen molar-refractivity contribution in [3.05, 3.63) is 71.8 Å². The molecule has 0 aromatic heterocycles. The van der Waals surface area contributed by atoms with Crippen LogP contribution < -0.4 is 0 Å². The van der Waals surface area contributed by atoms with Crippen LogP contribution in [0.2, 0.25) is 0 Å². The van der Waals surface area contributed by atoms with Crippen molar-refractivity contribution in [1.29, 1.82) is 0 Å². The number of methoxy groups -OCH3 is 1. The second kappa shape index (κ2) is 6.84. The van der Waals surface area contributed by atoms with Crippen LogP contribution in [0.5, 0.6) is 0 Å². The molecule has 24 heavy (non-hydrogen) atoms. The Bertz CT molecular complexity index is 713. The molecule has 1 saturated heterocycles. The molecule has 124 valence electrons. The minimum absolute atomic E-state index is 0.538. The smallest absolute Gasteiger partial charge is 0.317 e. The van der Waals surface area contributed by atoms with Crippen molar-refractivity contribution in [3.8, 4) is 0 Å². The Labute approximate surface area is 139 Å². The first-order valence-electron chi connectivity index (χ1n) is 7.69. The summed E-state index contributed by atoms with van der Waals surface area (Å²) >= 11 is 0. The van der Waals surface area contributed by atoms with Crippen LogP contribution in [0, 0.1) is 0 Å². The van der Waals surface area contributed by atoms with Gasteiger partial charge >= 0.3 is 11.9 Å². The summed E-state index contributed by atoms with van der Waals surface area (Å²) < 4.78 is 10.3. The van der Waals surface area contributed by atoms with Gasteiger partial charge in [0.05, 0.1) is 7.11 Å². The van der Waals surface area contributed by atoms with Crippen LogP contribution in [0.1, 0.15) is 23.0 Å². The predicted molar refractivity (Wildman–Crippen MR) is 86.3 cm³/mol. The highest BCUT2D eigenvalue weighted by atomic mass is 16.6. The second-order valence-corrected chi connectivity index (χ2v) is 5.69. The maximum absolute atomic E-state index is 12.3. The Morgan fingerprint density at radius 1 is 1.08 bits per heavy atom. The molecule has 1 aliphatic heterocycles. The highest BCUT2D eigenvalue weighted by molar-refractivity contribution is 5.85. The normalized spacial score (nSPS) is 24.2. The van der Waals surface area contributed by atoms with Crippen LogP contribution in [0.15, 0.2) is 60.7 Å². The van der Waals surface area contributed by atoms with Gasteiger partial charge in [-0.3, -0.25) is 9.59 Å². The molecule has 2 aromatic rings. The van der Waals surface area contributed by atoms with E-state index in [1.54, 1.807) is 48.5 Å². The zero-order valence-corrected chi connectivity index (χ0v) is 13.2. The molecule has 4 unspecified atom stereocenters. The number of aliphatic hydroxyl groups excluding tert-OH is 1. The molecule has 1 aliphatic rings. The van der Waals surface area contributed by atoms with Gasteiger partial charge in [0, 0.05) is 0 Å². The third-order valence-corrected chi connectivity index (χ3v) is 4.29. The van der Waals surface area contributed by atoms with Crippen molar-refractivity contribution in [3.63, 3.8) is 0 Å². The lowest BCUT2D eigenvalue weighted by Gasteiger charge is -2.23. The van der Waals surface area contributed by atoms with Gasteiger partial charge in [-0.05, 0) is 11.1 Å². The molecule has 0 spiro atoms. The molecule has 0 bridgehead atoms. The Morgan fingerprint density at radius 2 is 1.67 bits per heavy atom. The molecule has 0 aliphatic carbocycles. The highest BCUT2D eigenvalue weighted by Crippen LogP contribution is 2.38. The van der Waals surface area contributed by atoms with Crippen LogP contribution in [-0.4, -0.2) is 36.4 Å². The van der Waals surface area contributed by atoms with E-state index in [0.717, 1.165) is 0 Å². The third-order valence-electron chi connectivity index (χ3n) is 4.29. The van der Waals surface area contributed by atoms with E-state index in [1.165, 1.54) is 7.11 Å². The molecule has 2 aromatic carbocycles. The molecule has 5 heteroatoms. The van der Waals surface area contributed by atoms with Crippen LogP contribution in [0.4, 0.5) is 0 Å². The molecule has 1 fully saturated rings. The lowest BCUT2D eigenvalue weighted by atomic mass is 9.85. The molecule has 5 nitrogen and oxygen atoms in total. The van der Waals surface area contributed by atoms with Gasteiger partial charge in [0.25, 0.3) is 0 Å². The van der Waals surface area contributed by atoms with Crippen molar-refractivity contribution >= 4 is 11.9 Å². The number of ether oxygens (including phenoxy) is 2. The minimum atomic E-state index is -1.13. The van der Waals surface area contributed by atoms with Crippen LogP contribution >= 0.6 is 0 Å². The first-order valence-corrected chi connectivity index (χ1v) is 7.69. The lowest BCUT2D eigenvalue weighted by Crippen LogP contribution is -2.36. The number of carbonyl (C=O) groups excluding carboxylic acids is 2. The molecule has 0 radical (unpaired) electrons. The molecule has 0 saturated carbocycles. The number of esters is 2. The number of carbonyl (C=O) groups is 2. The average molecular weight is 326 g/mol. The summed E-state index contributed by atoms with van der Waals surface area (Å²) in [4.78, 5) is 24.6. The van der Waals surface area contributed by atoms with Crippen molar-refractivity contribution in [2.45, 2.75) is 24.0 Å². The van der Waals surface area contributed by atoms with E-state index >= 15 is 0 Å². The summed E-state index contributed by atoms with van der Waals surface area (Å²) in [6.07, 6.45) is -2.12. The number of hydrogen-bond acceptors (Lipinski definition) is 5.